The summed E-state index contributed by atoms with van der Waals surface area (Å²) in [7, 11) is -3.45. The Labute approximate surface area is 267 Å². The molecule has 2 atom stereocenters. The fourth-order valence-corrected chi connectivity index (χ4v) is 7.63. The minimum Gasteiger partial charge on any atom is -0.488 e. The number of hydrogen-bond acceptors (Lipinski definition) is 7. The number of aliphatic hydroxyl groups excluding tert-OH is 1. The zero-order valence-electron chi connectivity index (χ0n) is 26.5. The Morgan fingerprint density at radius 2 is 1.84 bits per heavy atom. The normalized spacial score (nSPS) is 18.3. The predicted molar refractivity (Wildman–Crippen MR) is 180 cm³/mol. The number of aryl methyl sites for hydroxylation is 1. The molecule has 1 saturated heterocycles. The van der Waals surface area contributed by atoms with Gasteiger partial charge in [0.05, 0.1) is 23.6 Å². The van der Waals surface area contributed by atoms with Crippen LogP contribution in [0, 0.1) is 0 Å². The van der Waals surface area contributed by atoms with Crippen LogP contribution in [0.25, 0.3) is 0 Å². The van der Waals surface area contributed by atoms with Gasteiger partial charge in [-0.1, -0.05) is 42.5 Å². The van der Waals surface area contributed by atoms with Crippen LogP contribution >= 0.6 is 0 Å². The monoisotopic (exact) mass is 634 g/mol. The van der Waals surface area contributed by atoms with Gasteiger partial charge in [-0.15, -0.1) is 0 Å². The van der Waals surface area contributed by atoms with Gasteiger partial charge in [0.25, 0.3) is 5.91 Å². The maximum Gasteiger partial charge on any atom is 0.251 e. The molecule has 2 aliphatic rings. The lowest BCUT2D eigenvalue weighted by Gasteiger charge is -2.32. The van der Waals surface area contributed by atoms with E-state index in [2.05, 4.69) is 35.9 Å². The molecule has 5 rings (SSSR count). The van der Waals surface area contributed by atoms with Gasteiger partial charge in [-0.25, -0.2) is 8.42 Å². The summed E-state index contributed by atoms with van der Waals surface area (Å²) in [6.07, 6.45) is 2.87. The van der Waals surface area contributed by atoms with Gasteiger partial charge >= 0.3 is 0 Å². The fraction of sp³-hybridized carbons (Fsp3) is 0.457. The molecule has 1 amide bonds. The van der Waals surface area contributed by atoms with Crippen LogP contribution in [0.2, 0.25) is 0 Å². The molecule has 0 radical (unpaired) electrons. The van der Waals surface area contributed by atoms with Crippen molar-refractivity contribution in [1.29, 1.82) is 0 Å². The molecule has 2 aliphatic heterocycles. The van der Waals surface area contributed by atoms with E-state index in [1.165, 1.54) is 9.87 Å². The van der Waals surface area contributed by atoms with Crippen LogP contribution in [0.5, 0.6) is 5.75 Å². The van der Waals surface area contributed by atoms with Gasteiger partial charge in [0.15, 0.2) is 0 Å². The summed E-state index contributed by atoms with van der Waals surface area (Å²) < 4.78 is 33.2. The van der Waals surface area contributed by atoms with Gasteiger partial charge in [0, 0.05) is 37.4 Å². The molecule has 0 bridgehead atoms. The van der Waals surface area contributed by atoms with E-state index in [1.807, 2.05) is 49.4 Å². The lowest BCUT2D eigenvalue weighted by molar-refractivity contribution is 0.0830. The Bertz CT molecular complexity index is 1580. The molecule has 45 heavy (non-hydrogen) atoms. The number of benzene rings is 3. The predicted octanol–water partition coefficient (Wildman–Crippen LogP) is 4.64. The Morgan fingerprint density at radius 3 is 2.60 bits per heavy atom. The Morgan fingerprint density at radius 1 is 1.04 bits per heavy atom. The van der Waals surface area contributed by atoms with E-state index in [1.54, 1.807) is 18.2 Å². The van der Waals surface area contributed by atoms with Gasteiger partial charge in [-0.2, -0.15) is 0 Å². The standard InChI is InChI=1S/C35H46N4O5S/c1-4-37-29-20-28(21-30(22-29)39-16-8-9-17-45(39,42)43)34(41)38-31(19-25-10-6-5-7-11-25)32(40)24-36-23-26-12-13-33-27(18-26)14-15-35(2,3)44-33/h5-7,10-13,18,20-22,31-32,36-37,40H,4,8-9,14-17,19,23-24H2,1-3H3,(H,38,41)/t31-,32+/m0/s1. The molecule has 0 unspecified atom stereocenters. The van der Waals surface area contributed by atoms with Gasteiger partial charge in [-0.05, 0) is 93.8 Å². The SMILES string of the molecule is CCNc1cc(C(=O)N[C@@H](Cc2ccccc2)[C@H](O)CNCc2ccc3c(c2)CCC(C)(C)O3)cc(N2CCCCS2(=O)=O)c1. The molecule has 1 fully saturated rings. The third-order valence-corrected chi connectivity index (χ3v) is 10.3. The highest BCUT2D eigenvalue weighted by Gasteiger charge is 2.29. The van der Waals surface area contributed by atoms with Crippen LogP contribution in [0.4, 0.5) is 11.4 Å². The first kappa shape index (κ1) is 32.8. The van der Waals surface area contributed by atoms with Crippen LogP contribution in [-0.2, 0) is 29.4 Å². The van der Waals surface area contributed by atoms with E-state index in [9.17, 15) is 18.3 Å². The average Bonchev–Trinajstić information content (AvgIpc) is 3.00. The molecular formula is C35H46N4O5S. The number of rotatable bonds is 12. The molecule has 3 aromatic rings. The number of carbonyl (C=O) groups excluding carboxylic acids is 1. The molecular weight excluding hydrogens is 588 g/mol. The van der Waals surface area contributed by atoms with E-state index >= 15 is 0 Å². The largest absolute Gasteiger partial charge is 0.488 e. The Balaban J connectivity index is 1.30. The van der Waals surface area contributed by atoms with E-state index in [0.717, 1.165) is 36.1 Å². The average molecular weight is 635 g/mol. The van der Waals surface area contributed by atoms with E-state index in [-0.39, 0.29) is 23.8 Å². The number of hydrogen-bond donors (Lipinski definition) is 4. The third-order valence-electron chi connectivity index (χ3n) is 8.47. The number of anilines is 2. The zero-order valence-corrected chi connectivity index (χ0v) is 27.3. The maximum absolute atomic E-state index is 13.7. The summed E-state index contributed by atoms with van der Waals surface area (Å²) in [6, 6.07) is 20.5. The van der Waals surface area contributed by atoms with Crippen LogP contribution in [0.1, 0.15) is 67.1 Å². The number of fused-ring (bicyclic) bond motifs is 1. The zero-order chi connectivity index (χ0) is 32.0. The van der Waals surface area contributed by atoms with Crippen molar-refractivity contribution in [3.8, 4) is 5.75 Å². The number of nitrogens with one attached hydrogen (secondary N) is 3. The lowest BCUT2D eigenvalue weighted by atomic mass is 9.93. The topological polar surface area (TPSA) is 120 Å². The minimum atomic E-state index is -3.45. The van der Waals surface area contributed by atoms with Crippen LogP contribution in [0.3, 0.4) is 0 Å². The summed E-state index contributed by atoms with van der Waals surface area (Å²) in [4.78, 5) is 13.7. The number of ether oxygens (including phenoxy) is 1. The first-order valence-electron chi connectivity index (χ1n) is 16.0. The van der Waals surface area contributed by atoms with Gasteiger partial charge < -0.3 is 25.8 Å². The Kier molecular flexibility index (Phi) is 10.4. The van der Waals surface area contributed by atoms with Crippen LogP contribution in [-0.4, -0.2) is 62.6 Å². The van der Waals surface area contributed by atoms with Crippen LogP contribution in [0.15, 0.2) is 66.7 Å². The fourth-order valence-electron chi connectivity index (χ4n) is 6.00. The number of nitrogens with zero attached hydrogens (tertiary/aromatic N) is 1. The van der Waals surface area contributed by atoms with E-state index in [0.29, 0.717) is 49.4 Å². The van der Waals surface area contributed by atoms with Crippen molar-refractivity contribution in [2.45, 2.75) is 77.2 Å². The molecule has 0 saturated carbocycles. The molecule has 0 aromatic heterocycles. The summed E-state index contributed by atoms with van der Waals surface area (Å²) in [5.41, 5.74) is 4.60. The Hall–Kier alpha value is -3.60. The quantitative estimate of drug-likeness (QED) is 0.229. The smallest absolute Gasteiger partial charge is 0.251 e. The number of carbonyl (C=O) groups is 1. The molecule has 0 aliphatic carbocycles. The highest BCUT2D eigenvalue weighted by atomic mass is 32.2. The van der Waals surface area contributed by atoms with E-state index < -0.39 is 22.2 Å². The van der Waals surface area contributed by atoms with E-state index in [4.69, 9.17) is 4.74 Å². The van der Waals surface area contributed by atoms with Crippen molar-refractivity contribution >= 4 is 27.3 Å². The van der Waals surface area contributed by atoms with Crippen molar-refractivity contribution in [3.05, 3.63) is 89.0 Å². The summed E-state index contributed by atoms with van der Waals surface area (Å²) >= 11 is 0. The molecule has 3 aromatic carbocycles. The van der Waals surface area contributed by atoms with Gasteiger partial charge in [-0.3, -0.25) is 9.10 Å². The van der Waals surface area contributed by atoms with Gasteiger partial charge in [0.1, 0.15) is 11.4 Å². The van der Waals surface area contributed by atoms with Crippen molar-refractivity contribution in [2.75, 3.05) is 35.0 Å². The van der Waals surface area contributed by atoms with Crippen molar-refractivity contribution in [3.63, 3.8) is 0 Å². The number of sulfonamides is 1. The van der Waals surface area contributed by atoms with Crippen LogP contribution < -0.4 is 25.0 Å². The van der Waals surface area contributed by atoms with Gasteiger partial charge in [0.2, 0.25) is 10.0 Å². The first-order chi connectivity index (χ1) is 21.5. The highest BCUT2D eigenvalue weighted by Crippen LogP contribution is 2.33. The second-order valence-corrected chi connectivity index (χ2v) is 14.7. The van der Waals surface area contributed by atoms with Crippen molar-refractivity contribution in [2.24, 2.45) is 0 Å². The third kappa shape index (κ3) is 8.56. The second kappa shape index (κ2) is 14.2. The summed E-state index contributed by atoms with van der Waals surface area (Å²) in [6.45, 7) is 8.00. The second-order valence-electron chi connectivity index (χ2n) is 12.7. The molecule has 4 N–H and O–H groups in total. The molecule has 2 heterocycles. The number of aliphatic hydroxyl groups is 1. The summed E-state index contributed by atoms with van der Waals surface area (Å²) in [5, 5.41) is 21.0. The molecule has 10 heteroatoms. The first-order valence-corrected chi connectivity index (χ1v) is 17.6. The number of amides is 1. The maximum atomic E-state index is 13.7. The minimum absolute atomic E-state index is 0.0930. The lowest BCUT2D eigenvalue weighted by Crippen LogP contribution is -2.48. The molecule has 0 spiro atoms. The summed E-state index contributed by atoms with van der Waals surface area (Å²) in [5.74, 6) is 0.651. The van der Waals surface area contributed by atoms with Crippen molar-refractivity contribution in [1.82, 2.24) is 10.6 Å². The van der Waals surface area contributed by atoms with Crippen molar-refractivity contribution < 1.29 is 23.1 Å². The molecule has 242 valence electrons. The highest BCUT2D eigenvalue weighted by molar-refractivity contribution is 7.92. The molecule has 9 nitrogen and oxygen atoms in total.